The number of benzene rings is 2. The molecule has 1 saturated heterocycles. The molecule has 2 aromatic rings. The lowest BCUT2D eigenvalue weighted by atomic mass is 9.75. The number of aliphatic hydroxyl groups is 1. The van der Waals surface area contributed by atoms with Crippen LogP contribution in [0.15, 0.2) is 54.6 Å². The molecule has 1 saturated carbocycles. The van der Waals surface area contributed by atoms with Crippen molar-refractivity contribution in [3.8, 4) is 0 Å². The predicted molar refractivity (Wildman–Crippen MR) is 124 cm³/mol. The summed E-state index contributed by atoms with van der Waals surface area (Å²) in [5, 5.41) is 15.9. The van der Waals surface area contributed by atoms with Crippen LogP contribution in [0.25, 0.3) is 0 Å². The van der Waals surface area contributed by atoms with Gasteiger partial charge in [-0.15, -0.1) is 0 Å². The maximum Gasteiger partial charge on any atom is 0.352 e. The topological polar surface area (TPSA) is 98.7 Å². The van der Waals surface area contributed by atoms with Crippen molar-refractivity contribution in [2.45, 2.75) is 55.1 Å². The summed E-state index contributed by atoms with van der Waals surface area (Å²) in [5.41, 5.74) is -0.251. The quantitative estimate of drug-likeness (QED) is 0.609. The van der Waals surface area contributed by atoms with Gasteiger partial charge in [-0.1, -0.05) is 48.5 Å². The number of halogens is 2. The Morgan fingerprint density at radius 3 is 2.43 bits per heavy atom. The second-order valence-electron chi connectivity index (χ2n) is 9.69. The number of amides is 3. The molecule has 2 fully saturated rings. The number of likely N-dealkylation sites (tertiary alicyclic amines) is 1. The normalized spacial score (nSPS) is 25.3. The third-order valence-electron chi connectivity index (χ3n) is 7.51. The number of carbonyl (C=O) groups is 3. The number of hydrogen-bond donors (Lipinski definition) is 3. The van der Waals surface area contributed by atoms with Crippen molar-refractivity contribution >= 4 is 23.4 Å². The third kappa shape index (κ3) is 4.07. The van der Waals surface area contributed by atoms with E-state index in [-0.39, 0.29) is 38.3 Å². The van der Waals surface area contributed by atoms with Gasteiger partial charge in [-0.3, -0.25) is 14.4 Å². The van der Waals surface area contributed by atoms with E-state index in [9.17, 15) is 28.3 Å². The van der Waals surface area contributed by atoms with Gasteiger partial charge in [-0.2, -0.15) is 8.78 Å². The number of para-hydroxylation sites is 1. The zero-order valence-electron chi connectivity index (χ0n) is 19.0. The lowest BCUT2D eigenvalue weighted by Crippen LogP contribution is -2.61. The number of alkyl halides is 2. The Bertz CT molecular complexity index is 1150. The Balaban J connectivity index is 1.39. The van der Waals surface area contributed by atoms with Crippen LogP contribution in [-0.2, 0) is 14.4 Å². The van der Waals surface area contributed by atoms with E-state index in [1.165, 1.54) is 0 Å². The van der Waals surface area contributed by atoms with Crippen LogP contribution in [0.4, 0.5) is 14.5 Å². The minimum atomic E-state index is -3.90. The SMILES string of the molecule is O=C1CC(C(=O)N[C@@H]2CN(C(=O)C(F)(F)C3(O)CCC3)C[C@H]2c2ccccc2)c2ccccc2N1. The molecular formula is C26H27F2N3O4. The molecule has 2 aromatic carbocycles. The van der Waals surface area contributed by atoms with Crippen LogP contribution in [0, 0.1) is 0 Å². The molecular weight excluding hydrogens is 456 g/mol. The summed E-state index contributed by atoms with van der Waals surface area (Å²) >= 11 is 0. The Morgan fingerprint density at radius 1 is 1.06 bits per heavy atom. The summed E-state index contributed by atoms with van der Waals surface area (Å²) in [6.45, 7) is -0.127. The molecule has 0 bridgehead atoms. The summed E-state index contributed by atoms with van der Waals surface area (Å²) < 4.78 is 29.9. The number of rotatable bonds is 5. The minimum Gasteiger partial charge on any atom is -0.383 e. The Labute approximate surface area is 201 Å². The van der Waals surface area contributed by atoms with Gasteiger partial charge in [-0.25, -0.2) is 0 Å². The van der Waals surface area contributed by atoms with Gasteiger partial charge in [0.05, 0.1) is 12.0 Å². The first-order valence-corrected chi connectivity index (χ1v) is 11.8. The zero-order valence-corrected chi connectivity index (χ0v) is 19.0. The van der Waals surface area contributed by atoms with E-state index in [4.69, 9.17) is 0 Å². The standard InChI is InChI=1S/C26H27F2N3O4/c27-26(28,25(35)11-6-12-25)24(34)31-14-19(16-7-2-1-3-8-16)21(15-31)30-23(33)18-13-22(32)29-20-10-5-4-9-17(18)20/h1-5,7-10,18-19,21,35H,6,11-15H2,(H,29,32)(H,30,33)/t18?,19-,21+/m0/s1. The molecule has 3 atom stereocenters. The molecule has 2 aliphatic heterocycles. The number of fused-ring (bicyclic) bond motifs is 1. The Hall–Kier alpha value is -3.33. The van der Waals surface area contributed by atoms with Gasteiger partial charge >= 0.3 is 5.92 Å². The lowest BCUT2D eigenvalue weighted by Gasteiger charge is -2.42. The van der Waals surface area contributed by atoms with Crippen LogP contribution in [0.1, 0.15) is 48.6 Å². The van der Waals surface area contributed by atoms with Crippen molar-refractivity contribution in [2.24, 2.45) is 0 Å². The number of hydrogen-bond acceptors (Lipinski definition) is 4. The number of carbonyl (C=O) groups excluding carboxylic acids is 3. The number of anilines is 1. The molecule has 1 unspecified atom stereocenters. The molecule has 0 radical (unpaired) electrons. The van der Waals surface area contributed by atoms with Crippen LogP contribution in [-0.4, -0.2) is 58.4 Å². The van der Waals surface area contributed by atoms with Gasteiger partial charge in [0.1, 0.15) is 5.60 Å². The lowest BCUT2D eigenvalue weighted by molar-refractivity contribution is -0.222. The first kappa shape index (κ1) is 23.4. The predicted octanol–water partition coefficient (Wildman–Crippen LogP) is 2.77. The molecule has 7 nitrogen and oxygen atoms in total. The molecule has 3 aliphatic rings. The summed E-state index contributed by atoms with van der Waals surface area (Å²) in [5.74, 6) is -7.12. The van der Waals surface area contributed by atoms with E-state index >= 15 is 0 Å². The van der Waals surface area contributed by atoms with E-state index in [1.807, 2.05) is 30.3 Å². The van der Waals surface area contributed by atoms with Gasteiger partial charge in [0, 0.05) is 31.1 Å². The fourth-order valence-electron chi connectivity index (χ4n) is 5.31. The van der Waals surface area contributed by atoms with E-state index in [2.05, 4.69) is 10.6 Å². The van der Waals surface area contributed by atoms with Gasteiger partial charge in [0.25, 0.3) is 5.91 Å². The van der Waals surface area contributed by atoms with E-state index in [0.717, 1.165) is 10.5 Å². The van der Waals surface area contributed by atoms with Crippen molar-refractivity contribution in [2.75, 3.05) is 18.4 Å². The highest BCUT2D eigenvalue weighted by Crippen LogP contribution is 2.46. The summed E-state index contributed by atoms with van der Waals surface area (Å²) in [6.07, 6.45) is 0.177. The number of nitrogens with one attached hydrogen (secondary N) is 2. The fourth-order valence-corrected chi connectivity index (χ4v) is 5.31. The molecule has 3 amide bonds. The van der Waals surface area contributed by atoms with Gasteiger partial charge in [0.2, 0.25) is 11.8 Å². The number of nitrogens with zero attached hydrogens (tertiary/aromatic N) is 1. The van der Waals surface area contributed by atoms with Crippen molar-refractivity contribution in [1.82, 2.24) is 10.2 Å². The van der Waals surface area contributed by atoms with Crippen LogP contribution in [0.5, 0.6) is 0 Å². The highest BCUT2D eigenvalue weighted by molar-refractivity contribution is 6.01. The molecule has 0 aromatic heterocycles. The zero-order chi connectivity index (χ0) is 24.8. The first-order valence-electron chi connectivity index (χ1n) is 11.8. The molecule has 2 heterocycles. The maximum atomic E-state index is 14.9. The molecule has 3 N–H and O–H groups in total. The monoisotopic (exact) mass is 483 g/mol. The summed E-state index contributed by atoms with van der Waals surface area (Å²) in [7, 11) is 0. The maximum absolute atomic E-state index is 14.9. The highest BCUT2D eigenvalue weighted by Gasteiger charge is 2.63. The highest BCUT2D eigenvalue weighted by atomic mass is 19.3. The van der Waals surface area contributed by atoms with Gasteiger partial charge < -0.3 is 20.6 Å². The van der Waals surface area contributed by atoms with Gasteiger partial charge in [-0.05, 0) is 36.5 Å². The average molecular weight is 484 g/mol. The van der Waals surface area contributed by atoms with Crippen LogP contribution >= 0.6 is 0 Å². The largest absolute Gasteiger partial charge is 0.383 e. The van der Waals surface area contributed by atoms with E-state index in [1.54, 1.807) is 24.3 Å². The second kappa shape index (κ2) is 8.71. The van der Waals surface area contributed by atoms with E-state index < -0.39 is 41.2 Å². The molecule has 1 aliphatic carbocycles. The third-order valence-corrected chi connectivity index (χ3v) is 7.51. The van der Waals surface area contributed by atoms with Crippen molar-refractivity contribution in [1.29, 1.82) is 0 Å². The second-order valence-corrected chi connectivity index (χ2v) is 9.69. The molecule has 9 heteroatoms. The molecule has 5 rings (SSSR count). The molecule has 184 valence electrons. The molecule has 35 heavy (non-hydrogen) atoms. The van der Waals surface area contributed by atoms with Crippen molar-refractivity contribution in [3.63, 3.8) is 0 Å². The van der Waals surface area contributed by atoms with Crippen molar-refractivity contribution in [3.05, 3.63) is 65.7 Å². The van der Waals surface area contributed by atoms with E-state index in [0.29, 0.717) is 17.7 Å². The fraction of sp³-hybridized carbons (Fsp3) is 0.423. The average Bonchev–Trinajstić information content (AvgIpc) is 3.25. The first-order chi connectivity index (χ1) is 16.7. The van der Waals surface area contributed by atoms with Crippen molar-refractivity contribution < 1.29 is 28.3 Å². The Kier molecular flexibility index (Phi) is 5.83. The summed E-state index contributed by atoms with van der Waals surface area (Å²) in [6, 6.07) is 15.5. The minimum absolute atomic E-state index is 0.0127. The van der Waals surface area contributed by atoms with Crippen LogP contribution in [0.2, 0.25) is 0 Å². The smallest absolute Gasteiger partial charge is 0.352 e. The molecule has 0 spiro atoms. The summed E-state index contributed by atoms with van der Waals surface area (Å²) in [4.78, 5) is 39.5. The van der Waals surface area contributed by atoms with Crippen LogP contribution in [0.3, 0.4) is 0 Å². The Morgan fingerprint density at radius 2 is 1.74 bits per heavy atom. The van der Waals surface area contributed by atoms with Gasteiger partial charge in [0.15, 0.2) is 0 Å². The van der Waals surface area contributed by atoms with Crippen LogP contribution < -0.4 is 10.6 Å².